The van der Waals surface area contributed by atoms with Gasteiger partial charge in [-0.25, -0.2) is 0 Å². The van der Waals surface area contributed by atoms with Crippen LogP contribution in [-0.2, 0) is 38.5 Å². The van der Waals surface area contributed by atoms with E-state index in [1.165, 1.54) is 0 Å². The lowest BCUT2D eigenvalue weighted by molar-refractivity contribution is 0.323. The average Bonchev–Trinajstić information content (AvgIpc) is 0.965. The maximum Gasteiger partial charge on any atom is 0.123 e. The molecular formula is C66H72Br12O12. The monoisotopic (exact) mass is 2000 g/mol. The summed E-state index contributed by atoms with van der Waals surface area (Å²) in [5, 5.41) is 7.46. The van der Waals surface area contributed by atoms with Crippen molar-refractivity contribution in [3.05, 3.63) is 140 Å². The van der Waals surface area contributed by atoms with Gasteiger partial charge in [-0.1, -0.05) is 191 Å². The van der Waals surface area contributed by atoms with E-state index < -0.39 is 0 Å². The lowest BCUT2D eigenvalue weighted by Crippen LogP contribution is -2.11. The number of ether oxygens (including phenoxy) is 12. The second kappa shape index (κ2) is 42.4. The van der Waals surface area contributed by atoms with E-state index in [0.717, 1.165) is 66.8 Å². The maximum absolute atomic E-state index is 6.69. The van der Waals surface area contributed by atoms with Crippen molar-refractivity contribution in [1.29, 1.82) is 0 Å². The van der Waals surface area contributed by atoms with Crippen LogP contribution in [0.2, 0.25) is 0 Å². The van der Waals surface area contributed by atoms with Gasteiger partial charge in [0, 0.05) is 169 Å². The highest BCUT2D eigenvalue weighted by molar-refractivity contribution is 9.10. The largest absolute Gasteiger partial charge is 0.492 e. The zero-order valence-electron chi connectivity index (χ0n) is 49.6. The van der Waals surface area contributed by atoms with Crippen molar-refractivity contribution in [2.24, 2.45) is 0 Å². The van der Waals surface area contributed by atoms with E-state index in [4.69, 9.17) is 56.8 Å². The van der Waals surface area contributed by atoms with Crippen LogP contribution >= 0.6 is 191 Å². The van der Waals surface area contributed by atoms with Gasteiger partial charge in [-0.3, -0.25) is 0 Å². The fourth-order valence-electron chi connectivity index (χ4n) is 10.1. The van der Waals surface area contributed by atoms with Crippen LogP contribution in [0.25, 0.3) is 0 Å². The zero-order valence-corrected chi connectivity index (χ0v) is 68.6. The van der Waals surface area contributed by atoms with Crippen LogP contribution in [0.4, 0.5) is 0 Å². The lowest BCUT2D eigenvalue weighted by atomic mass is 9.92. The Morgan fingerprint density at radius 3 is 0.300 bits per heavy atom. The zero-order chi connectivity index (χ0) is 64.0. The Morgan fingerprint density at radius 2 is 0.233 bits per heavy atom. The van der Waals surface area contributed by atoms with Gasteiger partial charge in [0.25, 0.3) is 0 Å². The van der Waals surface area contributed by atoms with Crippen LogP contribution in [0.15, 0.2) is 72.8 Å². The predicted octanol–water partition coefficient (Wildman–Crippen LogP) is 18.8. The highest BCUT2D eigenvalue weighted by Gasteiger charge is 2.26. The Balaban J connectivity index is 1.57. The molecule has 0 amide bonds. The van der Waals surface area contributed by atoms with Gasteiger partial charge in [-0.15, -0.1) is 0 Å². The van der Waals surface area contributed by atoms with E-state index >= 15 is 0 Å². The third-order valence-electron chi connectivity index (χ3n) is 13.8. The molecule has 0 atom stereocenters. The van der Waals surface area contributed by atoms with Gasteiger partial charge in [0.2, 0.25) is 0 Å². The van der Waals surface area contributed by atoms with Crippen molar-refractivity contribution in [2.75, 3.05) is 143 Å². The first-order chi connectivity index (χ1) is 44.1. The summed E-state index contributed by atoms with van der Waals surface area (Å²) in [5.41, 5.74) is 10.9. The van der Waals surface area contributed by atoms with Crippen LogP contribution in [0.3, 0.4) is 0 Å². The number of benzene rings is 6. The van der Waals surface area contributed by atoms with E-state index in [2.05, 4.69) is 264 Å². The second-order valence-corrected chi connectivity index (χ2v) is 29.4. The molecule has 0 radical (unpaired) electrons. The first-order valence-corrected chi connectivity index (χ1v) is 42.7. The van der Waals surface area contributed by atoms with Crippen molar-refractivity contribution in [3.8, 4) is 69.0 Å². The molecule has 0 saturated carbocycles. The topological polar surface area (TPSA) is 111 Å². The Morgan fingerprint density at radius 1 is 0.156 bits per heavy atom. The molecule has 24 heteroatoms. The third-order valence-corrected chi connectivity index (χ3v) is 17.6. The number of rotatable bonds is 36. The number of hydrogen-bond acceptors (Lipinski definition) is 12. The van der Waals surface area contributed by atoms with Crippen LogP contribution in [0.5, 0.6) is 69.0 Å². The summed E-state index contributed by atoms with van der Waals surface area (Å²) >= 11 is 43.7. The SMILES string of the molecule is BrCCOc1cc2c(OCCBr)cc1Cc1cc(OCCBr)c(cc1OCCBr)Cc1cc(OCCBr)c(cc1OCCBr)Cc1cc(OCCBr)c(cc1OCCBr)Cc1cc(OCCBr)c(cc1OCCBr)Cc1cc(OCCBr)c(cc1OCCBr)C2. The third kappa shape index (κ3) is 22.9. The number of alkyl halides is 12. The Kier molecular flexibility index (Phi) is 35.8. The molecule has 0 N–H and O–H groups in total. The fourth-order valence-corrected chi connectivity index (χ4v) is 12.1. The number of halogens is 12. The molecule has 0 spiro atoms. The Hall–Kier alpha value is -1.32. The standard InChI is InChI=1S/C66H72Br12O12/c67-1-13-79-55-31-44-26-46-34-60(84-18-6-72)48(36-59(46)83-17-5-71)28-50-38-64(88-22-10-76)52(40-63(50)87-21-9-75)30-54-42-65(89-23-11-77)53(41-66(54)90-24-12-78)29-51-39-61(85-19-7-73)49(37-62(51)86-20-8-74)27-47-35-57(81-15-3-69)45(33-58(47)82-16-4-70)25-43(55)32-56(44)80-14-2-68/h31-42H,1-30H2. The smallest absolute Gasteiger partial charge is 0.123 e. The molecule has 16 aliphatic carbocycles. The van der Waals surface area contributed by atoms with E-state index in [-0.39, 0.29) is 0 Å². The molecule has 0 fully saturated rings. The van der Waals surface area contributed by atoms with Crippen molar-refractivity contribution in [3.63, 3.8) is 0 Å². The molecule has 12 nitrogen and oxygen atoms in total. The van der Waals surface area contributed by atoms with Gasteiger partial charge < -0.3 is 56.8 Å². The Bertz CT molecular complexity index is 2450. The molecule has 0 aliphatic heterocycles. The minimum Gasteiger partial charge on any atom is -0.492 e. The van der Waals surface area contributed by atoms with Crippen LogP contribution < -0.4 is 56.8 Å². The van der Waals surface area contributed by atoms with Gasteiger partial charge >= 0.3 is 0 Å². The fraction of sp³-hybridized carbons (Fsp3) is 0.455. The van der Waals surface area contributed by atoms with Crippen LogP contribution in [0, 0.1) is 0 Å². The molecule has 6 aromatic carbocycles. The van der Waals surface area contributed by atoms with Crippen molar-refractivity contribution < 1.29 is 56.8 Å². The van der Waals surface area contributed by atoms with E-state index in [0.29, 0.717) is 251 Å². The average molecular weight is 2020 g/mol. The Labute approximate surface area is 630 Å². The highest BCUT2D eigenvalue weighted by Crippen LogP contribution is 2.44. The summed E-state index contributed by atoms with van der Waals surface area (Å²) in [6, 6.07) is 25.3. The molecule has 0 unspecified atom stereocenters. The molecular weight excluding hydrogens is 1940 g/mol. The van der Waals surface area contributed by atoms with Crippen molar-refractivity contribution >= 4 is 191 Å². The van der Waals surface area contributed by atoms with E-state index in [9.17, 15) is 0 Å². The molecule has 22 rings (SSSR count). The van der Waals surface area contributed by atoms with Gasteiger partial charge in [-0.05, 0) is 72.8 Å². The highest BCUT2D eigenvalue weighted by atomic mass is 79.9. The molecule has 492 valence electrons. The maximum atomic E-state index is 6.69. The van der Waals surface area contributed by atoms with Gasteiger partial charge in [0.1, 0.15) is 69.0 Å². The molecule has 16 aliphatic rings. The van der Waals surface area contributed by atoms with Crippen LogP contribution in [-0.4, -0.2) is 143 Å². The summed E-state index contributed by atoms with van der Waals surface area (Å²) in [4.78, 5) is 0. The molecule has 12 bridgehead atoms. The van der Waals surface area contributed by atoms with Gasteiger partial charge in [-0.2, -0.15) is 0 Å². The minimum atomic E-state index is 0.425. The van der Waals surface area contributed by atoms with E-state index in [1.807, 2.05) is 0 Å². The normalized spacial score (nSPS) is 12.1. The molecule has 6 aromatic rings. The van der Waals surface area contributed by atoms with E-state index in [1.54, 1.807) is 0 Å². The minimum absolute atomic E-state index is 0.425. The molecule has 0 aromatic heterocycles. The summed E-state index contributed by atoms with van der Waals surface area (Å²) in [6.07, 6.45) is 2.58. The predicted molar refractivity (Wildman–Crippen MR) is 407 cm³/mol. The molecule has 0 saturated heterocycles. The summed E-state index contributed by atoms with van der Waals surface area (Å²) in [5.74, 6) is 8.57. The second-order valence-electron chi connectivity index (χ2n) is 19.9. The van der Waals surface area contributed by atoms with Gasteiger partial charge in [0.15, 0.2) is 0 Å². The summed E-state index contributed by atoms with van der Waals surface area (Å²) in [6.45, 7) is 5.10. The van der Waals surface area contributed by atoms with Crippen molar-refractivity contribution in [2.45, 2.75) is 38.5 Å². The molecule has 0 heterocycles. The molecule has 90 heavy (non-hydrogen) atoms. The van der Waals surface area contributed by atoms with Crippen LogP contribution in [0.1, 0.15) is 66.8 Å². The summed E-state index contributed by atoms with van der Waals surface area (Å²) in [7, 11) is 0. The number of hydrogen-bond donors (Lipinski definition) is 0. The quantitative estimate of drug-likeness (QED) is 0.0349. The lowest BCUT2D eigenvalue weighted by Gasteiger charge is -2.23. The van der Waals surface area contributed by atoms with Gasteiger partial charge in [0.05, 0.1) is 79.3 Å². The first kappa shape index (κ1) is 76.1. The first-order valence-electron chi connectivity index (χ1n) is 29.3. The summed E-state index contributed by atoms with van der Waals surface area (Å²) < 4.78 is 80.3. The van der Waals surface area contributed by atoms with Crippen molar-refractivity contribution in [1.82, 2.24) is 0 Å².